The van der Waals surface area contributed by atoms with E-state index in [0.29, 0.717) is 24.3 Å². The minimum atomic E-state index is -0.372. The molecule has 1 amide bonds. The number of piperidine rings is 1. The van der Waals surface area contributed by atoms with Crippen LogP contribution in [-0.2, 0) is 14.3 Å². The van der Waals surface area contributed by atoms with Crippen LogP contribution in [0.3, 0.4) is 0 Å². The number of nitrogens with zero attached hydrogens (tertiary/aromatic N) is 3. The van der Waals surface area contributed by atoms with Gasteiger partial charge in [0, 0.05) is 18.8 Å². The van der Waals surface area contributed by atoms with Crippen LogP contribution in [-0.4, -0.2) is 47.0 Å². The van der Waals surface area contributed by atoms with Gasteiger partial charge in [-0.3, -0.25) is 4.79 Å². The van der Waals surface area contributed by atoms with E-state index in [1.54, 1.807) is 0 Å². The van der Waals surface area contributed by atoms with E-state index in [-0.39, 0.29) is 17.9 Å². The first kappa shape index (κ1) is 22.6. The fourth-order valence-electron chi connectivity index (χ4n) is 4.59. The van der Waals surface area contributed by atoms with Crippen LogP contribution in [0.25, 0.3) is 0 Å². The first-order valence-electron chi connectivity index (χ1n) is 11.3. The molecule has 4 rings (SSSR count). The fraction of sp³-hybridized carbons (Fsp3) is 0.480. The smallest absolute Gasteiger partial charge is 0.338 e. The van der Waals surface area contributed by atoms with Gasteiger partial charge in [0.25, 0.3) is 0 Å². The summed E-state index contributed by atoms with van der Waals surface area (Å²) in [7, 11) is 1.41. The molecule has 0 bridgehead atoms. The van der Waals surface area contributed by atoms with E-state index < -0.39 is 0 Å². The molecule has 0 unspecified atom stereocenters. The number of amidine groups is 1. The van der Waals surface area contributed by atoms with E-state index >= 15 is 0 Å². The highest BCUT2D eigenvalue weighted by Crippen LogP contribution is 2.45. The van der Waals surface area contributed by atoms with E-state index in [1.807, 2.05) is 42.4 Å². The van der Waals surface area contributed by atoms with Crippen LogP contribution < -0.4 is 0 Å². The van der Waals surface area contributed by atoms with Crippen LogP contribution in [0.5, 0.6) is 0 Å². The third-order valence-electron chi connectivity index (χ3n) is 6.46. The summed E-state index contributed by atoms with van der Waals surface area (Å²) < 4.78 is 5.18. The summed E-state index contributed by atoms with van der Waals surface area (Å²) in [6, 6.07) is 7.81. The molecule has 0 radical (unpaired) electrons. The Morgan fingerprint density at radius 1 is 1.25 bits per heavy atom. The second-order valence-corrected chi connectivity index (χ2v) is 9.59. The maximum Gasteiger partial charge on any atom is 0.338 e. The lowest BCUT2D eigenvalue weighted by Gasteiger charge is -2.37. The lowest BCUT2D eigenvalue weighted by Crippen LogP contribution is -2.41. The van der Waals surface area contributed by atoms with Gasteiger partial charge in [0.2, 0.25) is 5.91 Å². The molecule has 0 saturated carbocycles. The van der Waals surface area contributed by atoms with Crippen molar-refractivity contribution in [1.29, 1.82) is 0 Å². The summed E-state index contributed by atoms with van der Waals surface area (Å²) in [6.07, 6.45) is 3.04. The van der Waals surface area contributed by atoms with Gasteiger partial charge in [0.05, 0.1) is 30.8 Å². The molecule has 1 atom stereocenters. The highest BCUT2D eigenvalue weighted by atomic mass is 32.2. The number of rotatable bonds is 5. The van der Waals surface area contributed by atoms with Gasteiger partial charge >= 0.3 is 5.97 Å². The van der Waals surface area contributed by atoms with Gasteiger partial charge in [0.1, 0.15) is 0 Å². The number of carbonyl (C=O) groups is 2. The molecule has 170 valence electrons. The number of esters is 1. The molecule has 7 heteroatoms. The van der Waals surface area contributed by atoms with Crippen LogP contribution in [0, 0.1) is 12.8 Å². The Morgan fingerprint density at radius 3 is 2.66 bits per heavy atom. The van der Waals surface area contributed by atoms with Crippen LogP contribution in [0.1, 0.15) is 56.7 Å². The predicted molar refractivity (Wildman–Crippen MR) is 128 cm³/mol. The highest BCUT2D eigenvalue weighted by Gasteiger charge is 2.41. The number of amides is 1. The summed E-state index contributed by atoms with van der Waals surface area (Å²) in [6.45, 7) is 7.92. The Morgan fingerprint density at radius 2 is 2.00 bits per heavy atom. The Kier molecular flexibility index (Phi) is 6.74. The molecule has 0 aromatic heterocycles. The van der Waals surface area contributed by atoms with Crippen molar-refractivity contribution in [2.75, 3.05) is 20.2 Å². The number of aliphatic imine (C=N–C) groups is 1. The van der Waals surface area contributed by atoms with Crippen molar-refractivity contribution in [1.82, 2.24) is 9.80 Å². The number of ether oxygens (including phenoxy) is 1. The zero-order chi connectivity index (χ0) is 22.8. The molecule has 1 fully saturated rings. The second kappa shape index (κ2) is 9.53. The van der Waals surface area contributed by atoms with Crippen molar-refractivity contribution < 1.29 is 14.3 Å². The minimum absolute atomic E-state index is 0.137. The van der Waals surface area contributed by atoms with Crippen molar-refractivity contribution >= 4 is 28.8 Å². The van der Waals surface area contributed by atoms with Gasteiger partial charge in [-0.1, -0.05) is 55.4 Å². The summed E-state index contributed by atoms with van der Waals surface area (Å²) in [5, 5.41) is 2.83. The Bertz CT molecular complexity index is 1010. The number of benzene rings is 1. The van der Waals surface area contributed by atoms with E-state index in [2.05, 4.69) is 17.9 Å². The van der Waals surface area contributed by atoms with Gasteiger partial charge in [-0.2, -0.15) is 0 Å². The molecule has 0 aliphatic carbocycles. The van der Waals surface area contributed by atoms with Gasteiger partial charge < -0.3 is 14.5 Å². The number of fused-ring (bicyclic) bond motifs is 1. The van der Waals surface area contributed by atoms with E-state index in [0.717, 1.165) is 53.6 Å². The number of allylic oxidation sites excluding steroid dienone is 1. The Labute approximate surface area is 194 Å². The van der Waals surface area contributed by atoms with E-state index in [9.17, 15) is 9.59 Å². The maximum atomic E-state index is 13.1. The quantitative estimate of drug-likeness (QED) is 0.601. The third-order valence-corrected chi connectivity index (χ3v) is 7.34. The average Bonchev–Trinajstić information content (AvgIpc) is 3.19. The lowest BCUT2D eigenvalue weighted by molar-refractivity contribution is -0.136. The maximum absolute atomic E-state index is 13.1. The zero-order valence-corrected chi connectivity index (χ0v) is 20.1. The average molecular weight is 454 g/mol. The van der Waals surface area contributed by atoms with E-state index in [1.165, 1.54) is 18.9 Å². The number of methoxy groups -OCH3 is 1. The summed E-state index contributed by atoms with van der Waals surface area (Å²) in [5.41, 5.74) is 4.30. The van der Waals surface area contributed by atoms with Crippen LogP contribution in [0.4, 0.5) is 0 Å². The first-order chi connectivity index (χ1) is 15.4. The molecule has 1 aromatic rings. The summed E-state index contributed by atoms with van der Waals surface area (Å²) in [4.78, 5) is 34.9. The van der Waals surface area contributed by atoms with Crippen molar-refractivity contribution in [3.63, 3.8) is 0 Å². The summed E-state index contributed by atoms with van der Waals surface area (Å²) >= 11 is 1.52. The van der Waals surface area contributed by atoms with Crippen LogP contribution in [0.15, 0.2) is 51.6 Å². The number of hydrogen-bond donors (Lipinski definition) is 0. The minimum Gasteiger partial charge on any atom is -0.466 e. The van der Waals surface area contributed by atoms with Gasteiger partial charge in [0.15, 0.2) is 5.17 Å². The number of likely N-dealkylation sites (tertiary alicyclic amines) is 1. The van der Waals surface area contributed by atoms with Crippen LogP contribution >= 0.6 is 11.8 Å². The van der Waals surface area contributed by atoms with Crippen LogP contribution in [0.2, 0.25) is 0 Å². The fourth-order valence-corrected chi connectivity index (χ4v) is 5.53. The van der Waals surface area contributed by atoms with Gasteiger partial charge in [-0.05, 0) is 43.1 Å². The van der Waals surface area contributed by atoms with Gasteiger partial charge in [-0.25, -0.2) is 9.79 Å². The third kappa shape index (κ3) is 4.35. The largest absolute Gasteiger partial charge is 0.466 e. The molecule has 3 aliphatic rings. The molecule has 6 nitrogen and oxygen atoms in total. The molecule has 3 heterocycles. The predicted octanol–water partition coefficient (Wildman–Crippen LogP) is 4.78. The zero-order valence-electron chi connectivity index (χ0n) is 19.3. The SMILES string of the molecule is CCC1=C(C(=O)OC)[C@H](c2cccc(C)c2)N2C(CC(=O)N3CCC(C)CC3)=CSC2=N1. The molecule has 1 saturated heterocycles. The monoisotopic (exact) mass is 453 g/mol. The number of carbonyl (C=O) groups excluding carboxylic acids is 2. The molecular formula is C25H31N3O3S. The molecule has 1 aromatic carbocycles. The normalized spacial score (nSPS) is 21.3. The Balaban J connectivity index is 1.69. The molecule has 0 N–H and O–H groups in total. The molecule has 0 spiro atoms. The van der Waals surface area contributed by atoms with Crippen molar-refractivity contribution in [2.45, 2.75) is 52.5 Å². The number of thioether (sulfide) groups is 1. The standard InChI is InChI=1S/C25H31N3O3S/c1-5-20-22(24(30)31-4)23(18-8-6-7-17(3)13-18)28-19(15-32-25(28)26-20)14-21(29)27-11-9-16(2)10-12-27/h6-8,13,15-16,23H,5,9-12,14H2,1-4H3/t23-/m0/s1. The molecular weight excluding hydrogens is 422 g/mol. The number of aryl methyl sites for hydroxylation is 1. The van der Waals surface area contributed by atoms with Crippen molar-refractivity contribution in [3.05, 3.63) is 57.8 Å². The van der Waals surface area contributed by atoms with Crippen molar-refractivity contribution in [2.24, 2.45) is 10.9 Å². The number of hydrogen-bond acceptors (Lipinski definition) is 6. The lowest BCUT2D eigenvalue weighted by atomic mass is 9.92. The second-order valence-electron chi connectivity index (χ2n) is 8.75. The van der Waals surface area contributed by atoms with Crippen molar-refractivity contribution in [3.8, 4) is 0 Å². The molecule has 3 aliphatic heterocycles. The summed E-state index contributed by atoms with van der Waals surface area (Å²) in [5.74, 6) is 0.439. The van der Waals surface area contributed by atoms with E-state index in [4.69, 9.17) is 9.73 Å². The Hall–Kier alpha value is -2.54. The molecule has 32 heavy (non-hydrogen) atoms. The highest BCUT2D eigenvalue weighted by molar-refractivity contribution is 8.16. The first-order valence-corrected chi connectivity index (χ1v) is 12.2. The topological polar surface area (TPSA) is 62.2 Å². The van der Waals surface area contributed by atoms with Gasteiger partial charge in [-0.15, -0.1) is 0 Å².